The monoisotopic (exact) mass is 571 g/mol. The third-order valence-electron chi connectivity index (χ3n) is 8.05. The van der Waals surface area contributed by atoms with Crippen molar-refractivity contribution < 1.29 is 14.3 Å². The van der Waals surface area contributed by atoms with Crippen LogP contribution in [0.2, 0.25) is 5.02 Å². The van der Waals surface area contributed by atoms with Crippen LogP contribution in [0.25, 0.3) is 0 Å². The molecule has 0 saturated heterocycles. The van der Waals surface area contributed by atoms with Gasteiger partial charge in [-0.15, -0.1) is 0 Å². The number of thioether (sulfide) groups is 1. The molecule has 8 heteroatoms. The van der Waals surface area contributed by atoms with Gasteiger partial charge in [0, 0.05) is 23.4 Å². The van der Waals surface area contributed by atoms with Crippen LogP contribution in [-0.2, 0) is 15.2 Å². The molecule has 0 amide bonds. The molecule has 6 nitrogen and oxygen atoms in total. The maximum Gasteiger partial charge on any atom is 0.510 e. The van der Waals surface area contributed by atoms with Crippen LogP contribution in [-0.4, -0.2) is 67.6 Å². The topological polar surface area (TPSA) is 54.4 Å². The van der Waals surface area contributed by atoms with Gasteiger partial charge in [0.1, 0.15) is 0 Å². The van der Waals surface area contributed by atoms with Crippen LogP contribution in [0, 0.1) is 11.8 Å². The molecule has 2 aliphatic rings. The van der Waals surface area contributed by atoms with E-state index in [1.807, 2.05) is 24.5 Å². The molecule has 0 radical (unpaired) electrons. The number of aliphatic imine (C=N–C) groups is 1. The molecule has 3 atom stereocenters. The number of halogens is 1. The smallest absolute Gasteiger partial charge is 0.438 e. The zero-order valence-electron chi connectivity index (χ0n) is 23.6. The highest BCUT2D eigenvalue weighted by molar-refractivity contribution is 7.98. The predicted molar refractivity (Wildman–Crippen MR) is 161 cm³/mol. The van der Waals surface area contributed by atoms with E-state index >= 15 is 0 Å². The van der Waals surface area contributed by atoms with Crippen LogP contribution in [0.1, 0.15) is 56.2 Å². The third kappa shape index (κ3) is 7.30. The first kappa shape index (κ1) is 29.8. The van der Waals surface area contributed by atoms with Gasteiger partial charge >= 0.3 is 6.16 Å². The van der Waals surface area contributed by atoms with Crippen LogP contribution in [0.5, 0.6) is 0 Å². The Labute approximate surface area is 243 Å². The van der Waals surface area contributed by atoms with E-state index in [-0.39, 0.29) is 6.04 Å². The minimum Gasteiger partial charge on any atom is -0.438 e. The zero-order chi connectivity index (χ0) is 27.8. The lowest BCUT2D eigenvalue weighted by Crippen LogP contribution is -2.55. The van der Waals surface area contributed by atoms with Gasteiger partial charge in [-0.05, 0) is 81.3 Å². The molecule has 1 fully saturated rings. The molecule has 212 valence electrons. The van der Waals surface area contributed by atoms with Gasteiger partial charge in [-0.3, -0.25) is 0 Å². The van der Waals surface area contributed by atoms with Crippen LogP contribution in [0.15, 0.2) is 59.6 Å². The third-order valence-corrected chi connectivity index (χ3v) is 9.46. The second kappa shape index (κ2) is 13.9. The largest absolute Gasteiger partial charge is 0.510 e. The number of nitrogens with zero attached hydrogens (tertiary/aromatic N) is 3. The minimum atomic E-state index is -0.962. The second-order valence-corrected chi connectivity index (χ2v) is 12.4. The SMILES string of the molecule is CCCN1C=NC(CSCc2ccccc2)(OC(=O)OC)C1C1CCC(C(c2ccc(Cl)cc2)N(C)C)CC1. The summed E-state index contributed by atoms with van der Waals surface area (Å²) >= 11 is 7.94. The van der Waals surface area contributed by atoms with Gasteiger partial charge in [0.05, 0.1) is 25.2 Å². The van der Waals surface area contributed by atoms with E-state index in [4.69, 9.17) is 26.1 Å². The predicted octanol–water partition coefficient (Wildman–Crippen LogP) is 7.28. The summed E-state index contributed by atoms with van der Waals surface area (Å²) in [5.41, 5.74) is 1.60. The normalized spacial score (nSPS) is 25.6. The molecule has 1 saturated carbocycles. The molecule has 0 aromatic heterocycles. The van der Waals surface area contributed by atoms with Crippen LogP contribution in [0.3, 0.4) is 0 Å². The van der Waals surface area contributed by atoms with Gasteiger partial charge in [-0.1, -0.05) is 61.0 Å². The summed E-state index contributed by atoms with van der Waals surface area (Å²) in [6.45, 7) is 3.07. The highest BCUT2D eigenvalue weighted by Crippen LogP contribution is 2.46. The minimum absolute atomic E-state index is 0.00545. The quantitative estimate of drug-likeness (QED) is 0.264. The lowest BCUT2D eigenvalue weighted by Gasteiger charge is -2.44. The molecule has 2 aromatic rings. The summed E-state index contributed by atoms with van der Waals surface area (Å²) in [7, 11) is 5.70. The molecule has 1 aliphatic carbocycles. The highest BCUT2D eigenvalue weighted by Gasteiger charge is 2.53. The molecule has 39 heavy (non-hydrogen) atoms. The fourth-order valence-electron chi connectivity index (χ4n) is 6.42. The van der Waals surface area contributed by atoms with E-state index < -0.39 is 11.9 Å². The maximum atomic E-state index is 12.5. The molecular formula is C31H42ClN3O3S. The first-order valence-corrected chi connectivity index (χ1v) is 15.5. The van der Waals surface area contributed by atoms with E-state index in [1.54, 1.807) is 11.8 Å². The van der Waals surface area contributed by atoms with E-state index in [1.165, 1.54) is 18.2 Å². The Balaban J connectivity index is 1.52. The van der Waals surface area contributed by atoms with Crippen molar-refractivity contribution in [1.82, 2.24) is 9.80 Å². The standard InChI is InChI=1S/C31H42ClN3O3S/c1-5-19-35-22-33-31(38-30(36)37-4,21-39-20-23-9-7-6-8-10-23)29(35)26-13-11-24(12-14-26)28(34(2)3)25-15-17-27(32)18-16-25/h6-10,15-18,22,24,26,28-29H,5,11-14,19-21H2,1-4H3. The molecular weight excluding hydrogens is 530 g/mol. The molecule has 3 unspecified atom stereocenters. The fourth-order valence-corrected chi connectivity index (χ4v) is 7.67. The number of hydrogen-bond donors (Lipinski definition) is 0. The van der Waals surface area contributed by atoms with Crippen LogP contribution < -0.4 is 0 Å². The van der Waals surface area contributed by atoms with E-state index in [0.717, 1.165) is 49.4 Å². The molecule has 4 rings (SSSR count). The fraction of sp³-hybridized carbons (Fsp3) is 0.548. The number of hydrogen-bond acceptors (Lipinski definition) is 7. The molecule has 0 spiro atoms. The summed E-state index contributed by atoms with van der Waals surface area (Å²) in [5.74, 6) is 2.33. The first-order chi connectivity index (χ1) is 18.9. The summed E-state index contributed by atoms with van der Waals surface area (Å²) in [5, 5.41) is 0.768. The van der Waals surface area contributed by atoms with Crippen molar-refractivity contribution in [3.8, 4) is 0 Å². The number of carbonyl (C=O) groups excluding carboxylic acids is 1. The van der Waals surface area contributed by atoms with Crippen molar-refractivity contribution in [3.63, 3.8) is 0 Å². The summed E-state index contributed by atoms with van der Waals surface area (Å²) in [6.07, 6.45) is 6.60. The van der Waals surface area contributed by atoms with Crippen molar-refractivity contribution in [3.05, 3.63) is 70.7 Å². The average Bonchev–Trinajstić information content (AvgIpc) is 3.28. The van der Waals surface area contributed by atoms with Crippen molar-refractivity contribution in [2.24, 2.45) is 16.8 Å². The number of carbonyl (C=O) groups is 1. The van der Waals surface area contributed by atoms with Crippen LogP contribution in [0.4, 0.5) is 4.79 Å². The average molecular weight is 572 g/mol. The number of rotatable bonds is 11. The van der Waals surface area contributed by atoms with Crippen molar-refractivity contribution in [1.29, 1.82) is 0 Å². The Morgan fingerprint density at radius 3 is 2.44 bits per heavy atom. The Kier molecular flexibility index (Phi) is 10.6. The summed E-state index contributed by atoms with van der Waals surface area (Å²) in [6, 6.07) is 19.0. The Bertz CT molecular complexity index is 1080. The second-order valence-electron chi connectivity index (χ2n) is 10.9. The van der Waals surface area contributed by atoms with E-state index in [0.29, 0.717) is 23.6 Å². The Morgan fingerprint density at radius 1 is 1.13 bits per heavy atom. The first-order valence-electron chi connectivity index (χ1n) is 14.0. The Morgan fingerprint density at radius 2 is 1.82 bits per heavy atom. The number of methoxy groups -OCH3 is 1. The van der Waals surface area contributed by atoms with Gasteiger partial charge in [0.15, 0.2) is 0 Å². The number of benzene rings is 2. The Hall–Kier alpha value is -2.22. The lowest BCUT2D eigenvalue weighted by molar-refractivity contribution is -0.0578. The van der Waals surface area contributed by atoms with E-state index in [9.17, 15) is 4.79 Å². The van der Waals surface area contributed by atoms with E-state index in [2.05, 4.69) is 67.2 Å². The summed E-state index contributed by atoms with van der Waals surface area (Å²) < 4.78 is 11.1. The van der Waals surface area contributed by atoms with Gasteiger partial charge < -0.3 is 19.3 Å². The van der Waals surface area contributed by atoms with Gasteiger partial charge in [-0.25, -0.2) is 9.79 Å². The number of ether oxygens (including phenoxy) is 2. The molecule has 1 aliphatic heterocycles. The molecule has 0 bridgehead atoms. The maximum absolute atomic E-state index is 12.5. The van der Waals surface area contributed by atoms with Gasteiger partial charge in [0.25, 0.3) is 0 Å². The summed E-state index contributed by atoms with van der Waals surface area (Å²) in [4.78, 5) is 22.1. The molecule has 0 N–H and O–H groups in total. The van der Waals surface area contributed by atoms with Crippen molar-refractivity contribution in [2.75, 3.05) is 33.5 Å². The molecule has 1 heterocycles. The molecule has 2 aromatic carbocycles. The van der Waals surface area contributed by atoms with Gasteiger partial charge in [-0.2, -0.15) is 11.8 Å². The zero-order valence-corrected chi connectivity index (χ0v) is 25.2. The van der Waals surface area contributed by atoms with Crippen molar-refractivity contribution >= 4 is 35.9 Å². The van der Waals surface area contributed by atoms with Gasteiger partial charge in [0.2, 0.25) is 5.72 Å². The van der Waals surface area contributed by atoms with Crippen molar-refractivity contribution in [2.45, 2.75) is 62.6 Å². The van der Waals surface area contributed by atoms with Crippen LogP contribution >= 0.6 is 23.4 Å². The lowest BCUT2D eigenvalue weighted by atomic mass is 9.72. The highest BCUT2D eigenvalue weighted by atomic mass is 35.5.